The highest BCUT2D eigenvalue weighted by Gasteiger charge is 2.27. The lowest BCUT2D eigenvalue weighted by Crippen LogP contribution is -2.26. The molecular formula is C54H47N5. The second-order valence-corrected chi connectivity index (χ2v) is 15.9. The number of hydrogen-bond acceptors (Lipinski definition) is 4. The Morgan fingerprint density at radius 3 is 1.39 bits per heavy atom. The minimum atomic E-state index is -0.147. The van der Waals surface area contributed by atoms with E-state index in [-0.39, 0.29) is 11.5 Å². The maximum atomic E-state index is 4.78. The number of hydrogen-bond donors (Lipinski definition) is 0. The average molecular weight is 766 g/mol. The highest BCUT2D eigenvalue weighted by molar-refractivity contribution is 5.78. The van der Waals surface area contributed by atoms with Gasteiger partial charge in [0.1, 0.15) is 11.6 Å². The summed E-state index contributed by atoms with van der Waals surface area (Å²) < 4.78 is 2.52. The molecule has 1 unspecified atom stereocenters. The van der Waals surface area contributed by atoms with Gasteiger partial charge in [-0.3, -0.25) is 9.80 Å². The summed E-state index contributed by atoms with van der Waals surface area (Å²) in [6, 6.07) is 64.2. The first-order valence-electron chi connectivity index (χ1n) is 20.3. The Kier molecular flexibility index (Phi) is 10.3. The van der Waals surface area contributed by atoms with E-state index >= 15 is 0 Å². The number of aromatic nitrogens is 3. The minimum absolute atomic E-state index is 0.147. The number of allylic oxidation sites excluding steroid dienone is 3. The zero-order valence-electron chi connectivity index (χ0n) is 33.7. The van der Waals surface area contributed by atoms with Crippen LogP contribution in [0, 0.1) is 0 Å². The molecule has 0 fully saturated rings. The summed E-state index contributed by atoms with van der Waals surface area (Å²) in [4.78, 5) is 14.0. The normalized spacial score (nSPS) is 13.8. The molecule has 3 aromatic heterocycles. The van der Waals surface area contributed by atoms with Crippen molar-refractivity contribution in [2.75, 3.05) is 9.80 Å². The number of nitrogens with zero attached hydrogens (tertiary/aromatic N) is 5. The Morgan fingerprint density at radius 1 is 0.475 bits per heavy atom. The van der Waals surface area contributed by atoms with Crippen LogP contribution in [0.5, 0.6) is 0 Å². The molecule has 3 heterocycles. The van der Waals surface area contributed by atoms with Crippen LogP contribution in [0.15, 0.2) is 218 Å². The van der Waals surface area contributed by atoms with Gasteiger partial charge in [0.25, 0.3) is 0 Å². The Labute approximate surface area is 347 Å². The van der Waals surface area contributed by atoms with Crippen molar-refractivity contribution in [2.45, 2.75) is 38.6 Å². The molecule has 0 bridgehead atoms. The van der Waals surface area contributed by atoms with E-state index < -0.39 is 0 Å². The maximum absolute atomic E-state index is 4.78. The number of rotatable bonds is 10. The van der Waals surface area contributed by atoms with Gasteiger partial charge in [-0.2, -0.15) is 0 Å². The molecule has 1 aliphatic rings. The SMILES string of the molecule is CC(C)(C)n1c(-c2ccc(N(c3ccc(-c4ccccc4)cc3)c3ccccn3)cc2)ccc1C1C=CC(N(c2ccc(-c3ccccc3)cc2)c2ccccn2)=CC1. The van der Waals surface area contributed by atoms with Crippen molar-refractivity contribution in [1.29, 1.82) is 0 Å². The number of anilines is 5. The second-order valence-electron chi connectivity index (χ2n) is 15.9. The van der Waals surface area contributed by atoms with E-state index in [1.807, 2.05) is 36.7 Å². The molecule has 59 heavy (non-hydrogen) atoms. The van der Waals surface area contributed by atoms with Gasteiger partial charge < -0.3 is 4.57 Å². The van der Waals surface area contributed by atoms with E-state index in [1.54, 1.807) is 0 Å². The molecule has 5 aromatic carbocycles. The molecule has 0 radical (unpaired) electrons. The molecule has 0 saturated heterocycles. The van der Waals surface area contributed by atoms with E-state index in [1.165, 1.54) is 39.2 Å². The summed E-state index contributed by atoms with van der Waals surface area (Å²) in [5.41, 5.74) is 12.6. The molecule has 5 nitrogen and oxygen atoms in total. The molecule has 1 atom stereocenters. The van der Waals surface area contributed by atoms with Gasteiger partial charge in [0.2, 0.25) is 0 Å². The van der Waals surface area contributed by atoms with Crippen LogP contribution >= 0.6 is 0 Å². The van der Waals surface area contributed by atoms with E-state index in [0.717, 1.165) is 40.8 Å². The molecule has 0 saturated carbocycles. The topological polar surface area (TPSA) is 37.2 Å². The highest BCUT2D eigenvalue weighted by atomic mass is 15.2. The molecule has 1 aliphatic carbocycles. The lowest BCUT2D eigenvalue weighted by Gasteiger charge is -2.32. The third-order valence-electron chi connectivity index (χ3n) is 10.9. The van der Waals surface area contributed by atoms with E-state index in [9.17, 15) is 0 Å². The fourth-order valence-electron chi connectivity index (χ4n) is 8.16. The van der Waals surface area contributed by atoms with Crippen LogP contribution in [0.25, 0.3) is 33.5 Å². The zero-order valence-corrected chi connectivity index (χ0v) is 33.7. The molecule has 288 valence electrons. The van der Waals surface area contributed by atoms with Gasteiger partial charge in [0.05, 0.1) is 0 Å². The first kappa shape index (κ1) is 37.3. The van der Waals surface area contributed by atoms with Gasteiger partial charge in [-0.15, -0.1) is 0 Å². The van der Waals surface area contributed by atoms with Crippen LogP contribution < -0.4 is 9.80 Å². The summed E-state index contributed by atoms with van der Waals surface area (Å²) in [6.45, 7) is 6.89. The van der Waals surface area contributed by atoms with E-state index in [0.29, 0.717) is 0 Å². The van der Waals surface area contributed by atoms with Crippen molar-refractivity contribution in [3.05, 3.63) is 224 Å². The van der Waals surface area contributed by atoms with Gasteiger partial charge >= 0.3 is 0 Å². The first-order valence-corrected chi connectivity index (χ1v) is 20.3. The monoisotopic (exact) mass is 765 g/mol. The Balaban J connectivity index is 0.997. The van der Waals surface area contributed by atoms with E-state index in [2.05, 4.69) is 211 Å². The second kappa shape index (κ2) is 16.3. The molecule has 0 amide bonds. The summed E-state index contributed by atoms with van der Waals surface area (Å²) in [5, 5.41) is 0. The lowest BCUT2D eigenvalue weighted by molar-refractivity contribution is 0.386. The van der Waals surface area contributed by atoms with Gasteiger partial charge in [-0.05, 0) is 134 Å². The predicted molar refractivity (Wildman–Crippen MR) is 246 cm³/mol. The van der Waals surface area contributed by atoms with Crippen LogP contribution in [0.2, 0.25) is 0 Å². The van der Waals surface area contributed by atoms with Crippen molar-refractivity contribution in [3.63, 3.8) is 0 Å². The number of pyridine rings is 2. The molecular weight excluding hydrogens is 719 g/mol. The van der Waals surface area contributed by atoms with Crippen molar-refractivity contribution in [2.24, 2.45) is 0 Å². The molecule has 8 aromatic rings. The van der Waals surface area contributed by atoms with Crippen LogP contribution in [-0.2, 0) is 5.54 Å². The Hall–Kier alpha value is -7.24. The van der Waals surface area contributed by atoms with Gasteiger partial charge in [0, 0.05) is 58.0 Å². The standard InChI is InChI=1S/C54H47N5/c1-54(2,3)59-50(44-24-32-48(33-25-44)57(52-18-10-12-38-55-52)46-28-20-42(21-29-46)40-14-6-4-7-15-40)36-37-51(59)45-26-34-49(35-27-45)58(53-19-11-13-39-56-53)47-30-22-43(23-31-47)41-16-8-5-9-17-41/h4-26,28-39,45H,27H2,1-3H3. The zero-order chi connectivity index (χ0) is 40.2. The summed E-state index contributed by atoms with van der Waals surface area (Å²) in [6.07, 6.45) is 11.6. The summed E-state index contributed by atoms with van der Waals surface area (Å²) in [5.74, 6) is 1.98. The van der Waals surface area contributed by atoms with Crippen LogP contribution in [0.1, 0.15) is 38.8 Å². The summed E-state index contributed by atoms with van der Waals surface area (Å²) >= 11 is 0. The fourth-order valence-corrected chi connectivity index (χ4v) is 8.16. The molecule has 5 heteroatoms. The fraction of sp³-hybridized carbons (Fsp3) is 0.111. The van der Waals surface area contributed by atoms with Gasteiger partial charge in [0.15, 0.2) is 0 Å². The Morgan fingerprint density at radius 2 is 0.932 bits per heavy atom. The van der Waals surface area contributed by atoms with Crippen molar-refractivity contribution >= 4 is 28.7 Å². The predicted octanol–water partition coefficient (Wildman–Crippen LogP) is 14.3. The highest BCUT2D eigenvalue weighted by Crippen LogP contribution is 2.40. The maximum Gasteiger partial charge on any atom is 0.137 e. The third-order valence-corrected chi connectivity index (χ3v) is 10.9. The molecule has 0 N–H and O–H groups in total. The quantitative estimate of drug-likeness (QED) is 0.139. The molecule has 0 aliphatic heterocycles. The molecule has 9 rings (SSSR count). The van der Waals surface area contributed by atoms with E-state index in [4.69, 9.17) is 9.97 Å². The largest absolute Gasteiger partial charge is 0.339 e. The van der Waals surface area contributed by atoms with Crippen molar-refractivity contribution in [3.8, 4) is 33.5 Å². The van der Waals surface area contributed by atoms with Gasteiger partial charge in [-0.1, -0.05) is 121 Å². The molecule has 0 spiro atoms. The lowest BCUT2D eigenvalue weighted by atomic mass is 9.94. The van der Waals surface area contributed by atoms with Crippen LogP contribution in [-0.4, -0.2) is 14.5 Å². The summed E-state index contributed by atoms with van der Waals surface area (Å²) in [7, 11) is 0. The number of benzene rings is 5. The van der Waals surface area contributed by atoms with Crippen LogP contribution in [0.3, 0.4) is 0 Å². The van der Waals surface area contributed by atoms with Crippen molar-refractivity contribution in [1.82, 2.24) is 14.5 Å². The minimum Gasteiger partial charge on any atom is -0.339 e. The average Bonchev–Trinajstić information content (AvgIpc) is 3.76. The van der Waals surface area contributed by atoms with Crippen molar-refractivity contribution < 1.29 is 0 Å². The smallest absolute Gasteiger partial charge is 0.137 e. The van der Waals surface area contributed by atoms with Gasteiger partial charge in [-0.25, -0.2) is 9.97 Å². The third kappa shape index (κ3) is 7.88. The Bertz CT molecular complexity index is 2680. The first-order chi connectivity index (χ1) is 28.9. The van der Waals surface area contributed by atoms with Crippen LogP contribution in [0.4, 0.5) is 28.7 Å².